The van der Waals surface area contributed by atoms with Crippen LogP contribution < -0.4 is 0 Å². The average molecular weight is 468 g/mol. The van der Waals surface area contributed by atoms with Crippen molar-refractivity contribution in [1.82, 2.24) is 14.2 Å². The molecular formula is C24H22FN3O2S2. The smallest absolute Gasteiger partial charge is 0.243 e. The molecular weight excluding hydrogens is 445 g/mol. The Morgan fingerprint density at radius 2 is 1.62 bits per heavy atom. The first-order chi connectivity index (χ1) is 15.5. The summed E-state index contributed by atoms with van der Waals surface area (Å²) < 4.78 is 41.0. The summed E-state index contributed by atoms with van der Waals surface area (Å²) in [6.45, 7) is 2.88. The summed E-state index contributed by atoms with van der Waals surface area (Å²) in [5.74, 6) is -0.263. The lowest BCUT2D eigenvalue weighted by Crippen LogP contribution is -2.48. The van der Waals surface area contributed by atoms with Gasteiger partial charge in [-0.05, 0) is 47.2 Å². The van der Waals surface area contributed by atoms with Gasteiger partial charge >= 0.3 is 0 Å². The van der Waals surface area contributed by atoms with Crippen molar-refractivity contribution in [2.24, 2.45) is 0 Å². The van der Waals surface area contributed by atoms with Crippen molar-refractivity contribution in [1.29, 1.82) is 0 Å². The van der Waals surface area contributed by atoms with Crippen LogP contribution in [0.5, 0.6) is 0 Å². The van der Waals surface area contributed by atoms with E-state index in [0.717, 1.165) is 27.0 Å². The predicted molar refractivity (Wildman–Crippen MR) is 125 cm³/mol. The van der Waals surface area contributed by atoms with Crippen molar-refractivity contribution >= 4 is 32.1 Å². The van der Waals surface area contributed by atoms with E-state index in [-0.39, 0.29) is 5.82 Å². The van der Waals surface area contributed by atoms with Crippen LogP contribution in [0, 0.1) is 5.82 Å². The summed E-state index contributed by atoms with van der Waals surface area (Å²) in [6, 6.07) is 19.4. The molecule has 5 nitrogen and oxygen atoms in total. The van der Waals surface area contributed by atoms with E-state index < -0.39 is 10.0 Å². The largest absolute Gasteiger partial charge is 0.294 e. The van der Waals surface area contributed by atoms with Gasteiger partial charge in [-0.2, -0.15) is 4.31 Å². The summed E-state index contributed by atoms with van der Waals surface area (Å²) in [5, 5.41) is 4.89. The number of nitrogens with zero attached hydrogens (tertiary/aromatic N) is 3. The normalized spacial score (nSPS) is 15.9. The molecule has 1 aliphatic rings. The molecule has 0 unspecified atom stereocenters. The van der Waals surface area contributed by atoms with Crippen molar-refractivity contribution in [3.8, 4) is 11.3 Å². The molecule has 5 rings (SSSR count). The van der Waals surface area contributed by atoms with Crippen molar-refractivity contribution < 1.29 is 12.8 Å². The Balaban J connectivity index is 1.23. The van der Waals surface area contributed by atoms with Gasteiger partial charge in [0.2, 0.25) is 10.0 Å². The minimum absolute atomic E-state index is 0.263. The standard InChI is InChI=1S/C24H22FN3O2S2/c25-21-8-5-19(6-9-21)23-17-31-24(26-23)16-27-11-13-28(14-12-27)32(29,30)22-10-7-18-3-1-2-4-20(18)15-22/h1-10,15,17H,11-14,16H2. The molecule has 1 fully saturated rings. The number of hydrogen-bond acceptors (Lipinski definition) is 5. The number of fused-ring (bicyclic) bond motifs is 1. The third kappa shape index (κ3) is 4.31. The topological polar surface area (TPSA) is 53.5 Å². The van der Waals surface area contributed by atoms with E-state index >= 15 is 0 Å². The Labute approximate surface area is 190 Å². The maximum atomic E-state index is 13.2. The molecule has 32 heavy (non-hydrogen) atoms. The van der Waals surface area contributed by atoms with Crippen molar-refractivity contribution in [3.63, 3.8) is 0 Å². The van der Waals surface area contributed by atoms with Crippen LogP contribution in [0.15, 0.2) is 77.0 Å². The summed E-state index contributed by atoms with van der Waals surface area (Å²) in [6.07, 6.45) is 0. The van der Waals surface area contributed by atoms with Crippen LogP contribution in [-0.2, 0) is 16.6 Å². The molecule has 8 heteroatoms. The highest BCUT2D eigenvalue weighted by Crippen LogP contribution is 2.25. The minimum Gasteiger partial charge on any atom is -0.294 e. The number of benzene rings is 3. The number of hydrogen-bond donors (Lipinski definition) is 0. The first-order valence-electron chi connectivity index (χ1n) is 10.4. The third-order valence-corrected chi connectivity index (χ3v) is 8.47. The molecule has 0 N–H and O–H groups in total. The number of rotatable bonds is 5. The lowest BCUT2D eigenvalue weighted by atomic mass is 10.1. The van der Waals surface area contributed by atoms with E-state index in [4.69, 9.17) is 0 Å². The molecule has 4 aromatic rings. The van der Waals surface area contributed by atoms with Gasteiger partial charge in [-0.3, -0.25) is 4.90 Å². The molecule has 2 heterocycles. The number of thiazole rings is 1. The van der Waals surface area contributed by atoms with Gasteiger partial charge in [0.1, 0.15) is 10.8 Å². The van der Waals surface area contributed by atoms with E-state index in [1.54, 1.807) is 39.9 Å². The molecule has 0 bridgehead atoms. The van der Waals surface area contributed by atoms with Crippen LogP contribution in [0.1, 0.15) is 5.01 Å². The van der Waals surface area contributed by atoms with Crippen LogP contribution in [0.25, 0.3) is 22.0 Å². The molecule has 0 radical (unpaired) electrons. The van der Waals surface area contributed by atoms with Gasteiger partial charge in [0, 0.05) is 37.1 Å². The maximum Gasteiger partial charge on any atom is 0.243 e. The van der Waals surface area contributed by atoms with Gasteiger partial charge in [-0.25, -0.2) is 17.8 Å². The monoisotopic (exact) mass is 467 g/mol. The van der Waals surface area contributed by atoms with Crippen LogP contribution in [0.3, 0.4) is 0 Å². The highest BCUT2D eigenvalue weighted by molar-refractivity contribution is 7.89. The molecule has 1 saturated heterocycles. The van der Waals surface area contributed by atoms with Gasteiger partial charge in [0.25, 0.3) is 0 Å². The summed E-state index contributed by atoms with van der Waals surface area (Å²) in [4.78, 5) is 7.23. The van der Waals surface area contributed by atoms with E-state index in [0.29, 0.717) is 37.6 Å². The Kier molecular flexibility index (Phi) is 5.77. The number of aromatic nitrogens is 1. The van der Waals surface area contributed by atoms with Crippen molar-refractivity contribution in [3.05, 3.63) is 82.9 Å². The Morgan fingerprint density at radius 1 is 0.906 bits per heavy atom. The van der Waals surface area contributed by atoms with E-state index in [9.17, 15) is 12.8 Å². The van der Waals surface area contributed by atoms with Gasteiger partial charge in [-0.1, -0.05) is 30.3 Å². The minimum atomic E-state index is -3.52. The predicted octanol–water partition coefficient (Wildman–Crippen LogP) is 4.61. The quantitative estimate of drug-likeness (QED) is 0.430. The van der Waals surface area contributed by atoms with Crippen LogP contribution in [-0.4, -0.2) is 48.8 Å². The number of halogens is 1. The van der Waals surface area contributed by atoms with Crippen LogP contribution >= 0.6 is 11.3 Å². The van der Waals surface area contributed by atoms with Crippen LogP contribution in [0.4, 0.5) is 4.39 Å². The Bertz CT molecular complexity index is 1350. The molecule has 164 valence electrons. The summed E-state index contributed by atoms with van der Waals surface area (Å²) in [5.41, 5.74) is 1.72. The summed E-state index contributed by atoms with van der Waals surface area (Å²) >= 11 is 1.57. The SMILES string of the molecule is O=S(=O)(c1ccc2ccccc2c1)N1CCN(Cc2nc(-c3ccc(F)cc3)cs2)CC1. The molecule has 0 saturated carbocycles. The second-order valence-electron chi connectivity index (χ2n) is 7.82. The van der Waals surface area contributed by atoms with E-state index in [1.165, 1.54) is 12.1 Å². The zero-order chi connectivity index (χ0) is 22.1. The second-order valence-corrected chi connectivity index (χ2v) is 10.7. The van der Waals surface area contributed by atoms with Gasteiger partial charge in [0.15, 0.2) is 0 Å². The fourth-order valence-corrected chi connectivity index (χ4v) is 6.24. The average Bonchev–Trinajstić information content (AvgIpc) is 3.28. The lowest BCUT2D eigenvalue weighted by Gasteiger charge is -2.33. The molecule has 1 aromatic heterocycles. The Morgan fingerprint density at radius 3 is 2.38 bits per heavy atom. The van der Waals surface area contributed by atoms with E-state index in [1.807, 2.05) is 35.7 Å². The molecule has 0 aliphatic carbocycles. The maximum absolute atomic E-state index is 13.2. The van der Waals surface area contributed by atoms with Gasteiger partial charge in [0.05, 0.1) is 17.1 Å². The molecule has 3 aromatic carbocycles. The van der Waals surface area contributed by atoms with E-state index in [2.05, 4.69) is 9.88 Å². The van der Waals surface area contributed by atoms with Gasteiger partial charge < -0.3 is 0 Å². The Hall–Kier alpha value is -2.65. The van der Waals surface area contributed by atoms with Gasteiger partial charge in [-0.15, -0.1) is 11.3 Å². The zero-order valence-electron chi connectivity index (χ0n) is 17.3. The fraction of sp³-hybridized carbons (Fsp3) is 0.208. The molecule has 0 amide bonds. The summed E-state index contributed by atoms with van der Waals surface area (Å²) in [7, 11) is -3.52. The second kappa shape index (κ2) is 8.71. The van der Waals surface area contributed by atoms with Crippen molar-refractivity contribution in [2.45, 2.75) is 11.4 Å². The highest BCUT2D eigenvalue weighted by atomic mass is 32.2. The molecule has 0 spiro atoms. The number of sulfonamides is 1. The number of piperazine rings is 1. The third-order valence-electron chi connectivity index (χ3n) is 5.74. The molecule has 0 atom stereocenters. The lowest BCUT2D eigenvalue weighted by molar-refractivity contribution is 0.181. The van der Waals surface area contributed by atoms with Crippen molar-refractivity contribution in [2.75, 3.05) is 26.2 Å². The van der Waals surface area contributed by atoms with Crippen LogP contribution in [0.2, 0.25) is 0 Å². The fourth-order valence-electron chi connectivity index (χ4n) is 3.93. The zero-order valence-corrected chi connectivity index (χ0v) is 18.9. The highest BCUT2D eigenvalue weighted by Gasteiger charge is 2.29. The first kappa shape index (κ1) is 21.2. The molecule has 1 aliphatic heterocycles. The first-order valence-corrected chi connectivity index (χ1v) is 12.7.